The normalized spacial score (nSPS) is 10.6. The third-order valence-corrected chi connectivity index (χ3v) is 4.24. The Morgan fingerprint density at radius 1 is 0.741 bits per heavy atom. The van der Waals surface area contributed by atoms with E-state index in [4.69, 9.17) is 0 Å². The van der Waals surface area contributed by atoms with Crippen molar-refractivity contribution in [2.75, 3.05) is 17.7 Å². The molecule has 0 aliphatic heterocycles. The van der Waals surface area contributed by atoms with Crippen LogP contribution in [0.15, 0.2) is 48.5 Å². The number of carbonyl (C=O) groups excluding carboxylic acids is 2. The van der Waals surface area contributed by atoms with E-state index in [-0.39, 0.29) is 0 Å². The predicted molar refractivity (Wildman–Crippen MR) is 110 cm³/mol. The maximum absolute atomic E-state index is 12.2. The molecule has 6 heteroatoms. The van der Waals surface area contributed by atoms with Crippen molar-refractivity contribution in [1.29, 1.82) is 0 Å². The molecule has 0 saturated carbocycles. The lowest BCUT2D eigenvalue weighted by molar-refractivity contribution is 0.196. The fraction of sp³-hybridized carbons (Fsp3) is 0.333. The van der Waals surface area contributed by atoms with E-state index in [1.807, 2.05) is 48.5 Å². The van der Waals surface area contributed by atoms with Gasteiger partial charge < -0.3 is 10.6 Å². The van der Waals surface area contributed by atoms with E-state index in [1.165, 1.54) is 18.2 Å². The number of rotatable bonds is 4. The fourth-order valence-corrected chi connectivity index (χ4v) is 2.47. The summed E-state index contributed by atoms with van der Waals surface area (Å²) in [5, 5.41) is 6.55. The maximum Gasteiger partial charge on any atom is 0.340 e. The van der Waals surface area contributed by atoms with Crippen LogP contribution in [0, 0.1) is 0 Å². The molecule has 0 heterocycles. The number of nitrogens with one attached hydrogen (secondary N) is 3. The highest BCUT2D eigenvalue weighted by atomic mass is 16.2. The molecule has 2 aromatic carbocycles. The predicted octanol–water partition coefficient (Wildman–Crippen LogP) is 5.13. The lowest BCUT2D eigenvalue weighted by atomic mass is 10.0. The number of benzene rings is 2. The molecular weight excluding hydrogens is 340 g/mol. The second kappa shape index (κ2) is 9.07. The minimum Gasteiger partial charge on any atom is -0.307 e. The number of anilines is 2. The molecule has 0 aliphatic carbocycles. The van der Waals surface area contributed by atoms with Gasteiger partial charge in [-0.25, -0.2) is 20.0 Å². The Morgan fingerprint density at radius 3 is 1.56 bits per heavy atom. The second-order valence-electron chi connectivity index (χ2n) is 7.11. The van der Waals surface area contributed by atoms with Crippen molar-refractivity contribution in [3.8, 4) is 0 Å². The Balaban J connectivity index is 1.86. The first-order valence-corrected chi connectivity index (χ1v) is 9.08. The van der Waals surface area contributed by atoms with E-state index in [2.05, 4.69) is 43.8 Å². The molecule has 0 atom stereocenters. The summed E-state index contributed by atoms with van der Waals surface area (Å²) < 4.78 is 0. The zero-order valence-electron chi connectivity index (χ0n) is 16.5. The van der Waals surface area contributed by atoms with Crippen LogP contribution in [0.25, 0.3) is 0 Å². The van der Waals surface area contributed by atoms with Gasteiger partial charge in [0, 0.05) is 18.4 Å². The lowest BCUT2D eigenvalue weighted by Crippen LogP contribution is -2.47. The lowest BCUT2D eigenvalue weighted by Gasteiger charge is -2.19. The first-order chi connectivity index (χ1) is 12.8. The Kier molecular flexibility index (Phi) is 6.82. The number of hydrazine groups is 1. The molecule has 0 bridgehead atoms. The first-order valence-electron chi connectivity index (χ1n) is 9.08. The average molecular weight is 368 g/mol. The number of hydrogen-bond acceptors (Lipinski definition) is 2. The summed E-state index contributed by atoms with van der Waals surface area (Å²) in [5.41, 5.74) is 6.21. The molecular formula is C21H28N4O2. The highest BCUT2D eigenvalue weighted by Crippen LogP contribution is 2.18. The van der Waals surface area contributed by atoms with Gasteiger partial charge in [0.1, 0.15) is 0 Å². The number of carbonyl (C=O) groups is 2. The molecule has 2 aromatic rings. The fourth-order valence-electron chi connectivity index (χ4n) is 2.47. The van der Waals surface area contributed by atoms with Gasteiger partial charge in [0.05, 0.1) is 0 Å². The van der Waals surface area contributed by atoms with Gasteiger partial charge in [0.15, 0.2) is 0 Å². The van der Waals surface area contributed by atoms with E-state index >= 15 is 0 Å². The number of nitrogens with zero attached hydrogens (tertiary/aromatic N) is 1. The molecule has 0 saturated heterocycles. The van der Waals surface area contributed by atoms with E-state index < -0.39 is 12.1 Å². The molecule has 6 nitrogen and oxygen atoms in total. The quantitative estimate of drug-likeness (QED) is 0.654. The van der Waals surface area contributed by atoms with Crippen LogP contribution in [0.5, 0.6) is 0 Å². The van der Waals surface area contributed by atoms with Crippen LogP contribution in [-0.2, 0) is 0 Å². The largest absolute Gasteiger partial charge is 0.340 e. The number of urea groups is 2. The van der Waals surface area contributed by atoms with Crippen LogP contribution in [-0.4, -0.2) is 24.1 Å². The summed E-state index contributed by atoms with van der Waals surface area (Å²) >= 11 is 0. The van der Waals surface area contributed by atoms with Crippen LogP contribution in [0.3, 0.4) is 0 Å². The van der Waals surface area contributed by atoms with Crippen molar-refractivity contribution in [3.63, 3.8) is 0 Å². The van der Waals surface area contributed by atoms with Crippen LogP contribution in [0.4, 0.5) is 21.0 Å². The SMILES string of the molecule is CC(C)c1ccc(NC(=O)NN(C)C(=O)Nc2ccc(C(C)C)cc2)cc1. The minimum atomic E-state index is -0.486. The Morgan fingerprint density at radius 2 is 1.15 bits per heavy atom. The van der Waals surface area contributed by atoms with Gasteiger partial charge in [0.25, 0.3) is 0 Å². The van der Waals surface area contributed by atoms with E-state index in [9.17, 15) is 9.59 Å². The minimum absolute atomic E-state index is 0.428. The van der Waals surface area contributed by atoms with E-state index in [0.29, 0.717) is 23.2 Å². The van der Waals surface area contributed by atoms with Crippen LogP contribution in [0.2, 0.25) is 0 Å². The molecule has 3 N–H and O–H groups in total. The molecule has 4 amide bonds. The Hall–Kier alpha value is -3.02. The van der Waals surface area contributed by atoms with Crippen LogP contribution < -0.4 is 16.1 Å². The smallest absolute Gasteiger partial charge is 0.307 e. The zero-order chi connectivity index (χ0) is 20.0. The molecule has 27 heavy (non-hydrogen) atoms. The molecule has 0 spiro atoms. The van der Waals surface area contributed by atoms with Crippen molar-refractivity contribution < 1.29 is 9.59 Å². The van der Waals surface area contributed by atoms with Gasteiger partial charge in [-0.2, -0.15) is 0 Å². The topological polar surface area (TPSA) is 73.5 Å². The standard InChI is InChI=1S/C21H28N4O2/c1-14(2)16-6-10-18(11-7-16)22-20(26)24-25(5)21(27)23-19-12-8-17(9-13-19)15(3)4/h6-15H,1-5H3,(H,23,27)(H2,22,24,26). The number of hydrogen-bond donors (Lipinski definition) is 3. The summed E-state index contributed by atoms with van der Waals surface area (Å²) in [4.78, 5) is 24.3. The van der Waals surface area contributed by atoms with Crippen molar-refractivity contribution in [2.45, 2.75) is 39.5 Å². The van der Waals surface area contributed by atoms with Crippen molar-refractivity contribution in [3.05, 3.63) is 59.7 Å². The Labute approximate surface area is 160 Å². The summed E-state index contributed by atoms with van der Waals surface area (Å²) in [6.45, 7) is 8.44. The highest BCUT2D eigenvalue weighted by Gasteiger charge is 2.12. The molecule has 0 aliphatic rings. The van der Waals surface area contributed by atoms with Crippen molar-refractivity contribution in [1.82, 2.24) is 10.4 Å². The van der Waals surface area contributed by atoms with Gasteiger partial charge in [0.2, 0.25) is 0 Å². The molecule has 0 unspecified atom stereocenters. The summed E-state index contributed by atoms with van der Waals surface area (Å²) in [6, 6.07) is 14.3. The average Bonchev–Trinajstić information content (AvgIpc) is 2.62. The van der Waals surface area contributed by atoms with E-state index in [0.717, 1.165) is 5.01 Å². The molecule has 144 valence electrons. The zero-order valence-corrected chi connectivity index (χ0v) is 16.5. The summed E-state index contributed by atoms with van der Waals surface area (Å²) in [6.07, 6.45) is 0. The van der Waals surface area contributed by atoms with Gasteiger partial charge in [-0.05, 0) is 47.2 Å². The molecule has 0 aromatic heterocycles. The Bertz CT molecular complexity index is 768. The van der Waals surface area contributed by atoms with Crippen molar-refractivity contribution in [2.24, 2.45) is 0 Å². The van der Waals surface area contributed by atoms with Gasteiger partial charge in [-0.15, -0.1) is 0 Å². The van der Waals surface area contributed by atoms with Gasteiger partial charge in [-0.3, -0.25) is 0 Å². The van der Waals surface area contributed by atoms with Crippen LogP contribution >= 0.6 is 0 Å². The second-order valence-corrected chi connectivity index (χ2v) is 7.11. The van der Waals surface area contributed by atoms with Crippen LogP contribution in [0.1, 0.15) is 50.7 Å². The first kappa shape index (κ1) is 20.3. The third-order valence-electron chi connectivity index (χ3n) is 4.24. The van der Waals surface area contributed by atoms with Crippen molar-refractivity contribution >= 4 is 23.4 Å². The molecule has 0 radical (unpaired) electrons. The van der Waals surface area contributed by atoms with E-state index in [1.54, 1.807) is 0 Å². The monoisotopic (exact) mass is 368 g/mol. The highest BCUT2D eigenvalue weighted by molar-refractivity contribution is 5.94. The van der Waals surface area contributed by atoms with Gasteiger partial charge in [-0.1, -0.05) is 52.0 Å². The summed E-state index contributed by atoms with van der Waals surface area (Å²) in [7, 11) is 1.49. The summed E-state index contributed by atoms with van der Waals surface area (Å²) in [5.74, 6) is 0.856. The molecule has 2 rings (SSSR count). The third kappa shape index (κ3) is 6.02. The maximum atomic E-state index is 12.2. The van der Waals surface area contributed by atoms with Gasteiger partial charge >= 0.3 is 12.1 Å². The number of amides is 4. The molecule has 0 fully saturated rings.